The Balaban J connectivity index is 1.43. The summed E-state index contributed by atoms with van der Waals surface area (Å²) in [4.78, 5) is 37.6. The number of carbonyl (C=O) groups is 3. The van der Waals surface area contributed by atoms with Crippen molar-refractivity contribution in [3.05, 3.63) is 91.0 Å². The largest absolute Gasteiger partial charge is 0.480 e. The van der Waals surface area contributed by atoms with Crippen LogP contribution in [0.3, 0.4) is 0 Å². The minimum absolute atomic E-state index is 0.108. The topological polar surface area (TPSA) is 101 Å². The van der Waals surface area contributed by atoms with E-state index in [0.717, 1.165) is 37.2 Å². The number of amides is 2. The van der Waals surface area contributed by atoms with Crippen LogP contribution < -0.4 is 21.6 Å². The Hall–Kier alpha value is -2.99. The number of nitrogens with zero attached hydrogens (tertiary/aromatic N) is 1. The number of imide groups is 1. The van der Waals surface area contributed by atoms with E-state index in [1.165, 1.54) is 20.8 Å². The molecule has 3 aromatic rings. The Morgan fingerprint density at radius 2 is 1.37 bits per heavy atom. The van der Waals surface area contributed by atoms with Crippen LogP contribution in [0.1, 0.15) is 25.7 Å². The number of rotatable bonds is 13. The number of likely N-dealkylation sites (tertiary alicyclic amines) is 1. The molecule has 38 heavy (non-hydrogen) atoms. The van der Waals surface area contributed by atoms with Crippen LogP contribution in [0.5, 0.6) is 0 Å². The highest BCUT2D eigenvalue weighted by Gasteiger charge is 2.44. The SMILES string of the molecule is NC(CSC1CC(=O)N(CCCCC[P+](c2ccccc2)(c2ccccc2)c2ccccc2)C1=O)C(=O)O. The third-order valence-corrected chi connectivity index (χ3v) is 12.8. The summed E-state index contributed by atoms with van der Waals surface area (Å²) in [6, 6.07) is 31.2. The lowest BCUT2D eigenvalue weighted by molar-refractivity contribution is -0.139. The average molecular weight is 550 g/mol. The third-order valence-electron chi connectivity index (χ3n) is 6.96. The number of thioether (sulfide) groups is 1. The third kappa shape index (κ3) is 6.35. The van der Waals surface area contributed by atoms with Gasteiger partial charge in [-0.2, -0.15) is 0 Å². The number of carboxylic acids is 1. The van der Waals surface area contributed by atoms with Gasteiger partial charge in [0.2, 0.25) is 11.8 Å². The number of hydrogen-bond acceptors (Lipinski definition) is 5. The summed E-state index contributed by atoms with van der Waals surface area (Å²) in [6.07, 6.45) is 3.71. The Labute approximate surface area is 229 Å². The zero-order valence-electron chi connectivity index (χ0n) is 21.3. The van der Waals surface area contributed by atoms with Crippen LogP contribution in [0, 0.1) is 0 Å². The number of nitrogens with two attached hydrogens (primary N) is 1. The van der Waals surface area contributed by atoms with Crippen molar-refractivity contribution >= 4 is 52.7 Å². The normalized spacial score (nSPS) is 16.6. The molecule has 1 saturated heterocycles. The number of aliphatic carboxylic acids is 1. The van der Waals surface area contributed by atoms with E-state index in [0.29, 0.717) is 6.54 Å². The van der Waals surface area contributed by atoms with Gasteiger partial charge in [0.1, 0.15) is 29.2 Å². The van der Waals surface area contributed by atoms with E-state index in [2.05, 4.69) is 91.0 Å². The molecule has 1 fully saturated rings. The molecule has 1 aliphatic heterocycles. The first-order valence-electron chi connectivity index (χ1n) is 12.9. The standard InChI is InChI=1S/C30H33N2O4PS/c31-26(30(35)36)22-38-27-21-28(33)32(29(27)34)19-11-4-12-20-37(23-13-5-1-6-14-23,24-15-7-2-8-16-24)25-17-9-3-10-18-25/h1-3,5-10,13-18,26-27H,4,11-12,19-22,31H2/p+1. The van der Waals surface area contributed by atoms with Gasteiger partial charge in [-0.15, -0.1) is 11.8 Å². The van der Waals surface area contributed by atoms with Crippen molar-refractivity contribution in [2.45, 2.75) is 37.0 Å². The summed E-state index contributed by atoms with van der Waals surface area (Å²) < 4.78 is 0. The van der Waals surface area contributed by atoms with E-state index in [-0.39, 0.29) is 24.0 Å². The van der Waals surface area contributed by atoms with Gasteiger partial charge in [0.15, 0.2) is 0 Å². The number of benzene rings is 3. The Bertz CT molecular complexity index is 1130. The van der Waals surface area contributed by atoms with Gasteiger partial charge in [0.25, 0.3) is 0 Å². The molecule has 0 radical (unpaired) electrons. The molecule has 0 bridgehead atoms. The maximum atomic E-state index is 12.8. The Kier molecular flexibility index (Phi) is 9.73. The van der Waals surface area contributed by atoms with Crippen molar-refractivity contribution in [1.29, 1.82) is 0 Å². The fraction of sp³-hybridized carbons (Fsp3) is 0.300. The first-order chi connectivity index (χ1) is 18.4. The highest BCUT2D eigenvalue weighted by molar-refractivity contribution is 8.00. The number of carbonyl (C=O) groups excluding carboxylic acids is 2. The fourth-order valence-electron chi connectivity index (χ4n) is 4.99. The number of unbranched alkanes of at least 4 members (excludes halogenated alkanes) is 2. The van der Waals surface area contributed by atoms with Gasteiger partial charge in [-0.05, 0) is 55.7 Å². The predicted octanol–water partition coefficient (Wildman–Crippen LogP) is 3.42. The molecule has 8 heteroatoms. The van der Waals surface area contributed by atoms with E-state index < -0.39 is 24.5 Å². The minimum Gasteiger partial charge on any atom is -0.480 e. The van der Waals surface area contributed by atoms with Crippen LogP contribution in [0.15, 0.2) is 91.0 Å². The average Bonchev–Trinajstić information content (AvgIpc) is 3.22. The van der Waals surface area contributed by atoms with Gasteiger partial charge in [-0.1, -0.05) is 54.6 Å². The second kappa shape index (κ2) is 13.2. The Morgan fingerprint density at radius 1 is 0.868 bits per heavy atom. The summed E-state index contributed by atoms with van der Waals surface area (Å²) in [5.41, 5.74) is 5.56. The summed E-state index contributed by atoms with van der Waals surface area (Å²) in [6.45, 7) is 0.396. The predicted molar refractivity (Wildman–Crippen MR) is 157 cm³/mol. The maximum absolute atomic E-state index is 12.8. The molecule has 2 unspecified atom stereocenters. The van der Waals surface area contributed by atoms with E-state index in [1.54, 1.807) is 0 Å². The van der Waals surface area contributed by atoms with Crippen LogP contribution >= 0.6 is 19.0 Å². The smallest absolute Gasteiger partial charge is 0.321 e. The van der Waals surface area contributed by atoms with Crippen molar-refractivity contribution in [3.63, 3.8) is 0 Å². The van der Waals surface area contributed by atoms with Gasteiger partial charge < -0.3 is 10.8 Å². The van der Waals surface area contributed by atoms with Crippen molar-refractivity contribution in [1.82, 2.24) is 4.90 Å². The molecule has 2 atom stereocenters. The number of carboxylic acid groups (broad SMARTS) is 1. The molecular weight excluding hydrogens is 515 g/mol. The highest BCUT2D eigenvalue weighted by Crippen LogP contribution is 2.56. The molecule has 0 saturated carbocycles. The summed E-state index contributed by atoms with van der Waals surface area (Å²) in [5, 5.41) is 12.5. The van der Waals surface area contributed by atoms with Crippen LogP contribution in [-0.2, 0) is 14.4 Å². The molecule has 3 N–H and O–H groups in total. The van der Waals surface area contributed by atoms with E-state index in [4.69, 9.17) is 10.8 Å². The zero-order chi connectivity index (χ0) is 27.0. The summed E-state index contributed by atoms with van der Waals surface area (Å²) in [7, 11) is -1.89. The van der Waals surface area contributed by atoms with Crippen LogP contribution in [-0.4, -0.2) is 57.5 Å². The molecule has 1 heterocycles. The quantitative estimate of drug-likeness (QED) is 0.193. The molecule has 0 spiro atoms. The van der Waals surface area contributed by atoms with E-state index in [1.807, 2.05) is 0 Å². The van der Waals surface area contributed by atoms with Crippen LogP contribution in [0.4, 0.5) is 0 Å². The van der Waals surface area contributed by atoms with Crippen molar-refractivity contribution in [2.75, 3.05) is 18.5 Å². The van der Waals surface area contributed by atoms with Gasteiger partial charge in [-0.3, -0.25) is 19.3 Å². The summed E-state index contributed by atoms with van der Waals surface area (Å²) in [5.74, 6) is -1.41. The molecule has 0 aliphatic carbocycles. The number of hydrogen-bond donors (Lipinski definition) is 2. The van der Waals surface area contributed by atoms with Gasteiger partial charge in [0.05, 0.1) is 11.4 Å². The molecule has 4 rings (SSSR count). The molecular formula is C30H34N2O4PS+. The lowest BCUT2D eigenvalue weighted by Gasteiger charge is -2.27. The second-order valence-electron chi connectivity index (χ2n) is 9.46. The van der Waals surface area contributed by atoms with Crippen molar-refractivity contribution in [3.8, 4) is 0 Å². The lowest BCUT2D eigenvalue weighted by atomic mass is 10.2. The van der Waals surface area contributed by atoms with E-state index in [9.17, 15) is 14.4 Å². The Morgan fingerprint density at radius 3 is 1.84 bits per heavy atom. The first-order valence-corrected chi connectivity index (χ1v) is 15.9. The minimum atomic E-state index is -1.89. The highest BCUT2D eigenvalue weighted by atomic mass is 32.2. The fourth-order valence-corrected chi connectivity index (χ4v) is 10.5. The van der Waals surface area contributed by atoms with Gasteiger partial charge in [0, 0.05) is 18.7 Å². The molecule has 198 valence electrons. The van der Waals surface area contributed by atoms with Gasteiger partial charge in [-0.25, -0.2) is 0 Å². The zero-order valence-corrected chi connectivity index (χ0v) is 23.0. The van der Waals surface area contributed by atoms with E-state index >= 15 is 0 Å². The summed E-state index contributed by atoms with van der Waals surface area (Å²) >= 11 is 1.16. The first kappa shape index (κ1) is 28.0. The van der Waals surface area contributed by atoms with Crippen molar-refractivity contribution in [2.24, 2.45) is 5.73 Å². The molecule has 2 amide bonds. The molecule has 6 nitrogen and oxygen atoms in total. The van der Waals surface area contributed by atoms with Crippen LogP contribution in [0.2, 0.25) is 0 Å². The second-order valence-corrected chi connectivity index (χ2v) is 14.3. The molecule has 1 aliphatic rings. The molecule has 0 aromatic heterocycles. The van der Waals surface area contributed by atoms with Gasteiger partial charge >= 0.3 is 5.97 Å². The maximum Gasteiger partial charge on any atom is 0.321 e. The molecule has 3 aromatic carbocycles. The van der Waals surface area contributed by atoms with Crippen LogP contribution in [0.25, 0.3) is 0 Å². The van der Waals surface area contributed by atoms with Crippen molar-refractivity contribution < 1.29 is 19.5 Å². The lowest BCUT2D eigenvalue weighted by Crippen LogP contribution is -2.35. The monoisotopic (exact) mass is 549 g/mol.